The number of fused-ring (bicyclic) bond motifs is 11. The van der Waals surface area contributed by atoms with E-state index in [1.54, 1.807) is 24.8 Å². The van der Waals surface area contributed by atoms with Gasteiger partial charge in [-0.15, -0.1) is 0 Å². The Hall–Kier alpha value is -4.00. The second-order valence-electron chi connectivity index (χ2n) is 6.53. The van der Waals surface area contributed by atoms with Crippen LogP contribution in [-0.4, -0.2) is 24.9 Å². The van der Waals surface area contributed by atoms with Gasteiger partial charge in [0, 0.05) is 46.3 Å². The third-order valence-corrected chi connectivity index (χ3v) is 5.15. The highest BCUT2D eigenvalue weighted by Crippen LogP contribution is 2.39. The number of nitrogens with zero attached hydrogens (tertiary/aromatic N) is 4. The number of H-pyrrole nitrogens is 1. The van der Waals surface area contributed by atoms with Crippen molar-refractivity contribution in [2.75, 3.05) is 0 Å². The fourth-order valence-corrected chi connectivity index (χ4v) is 3.98. The maximum Gasteiger partial charge on any atom is 0.229 e. The monoisotopic (exact) mass is 351 g/mol. The molecule has 0 unspecified atom stereocenters. The number of hydrogen-bond acceptors (Lipinski definition) is 6. The lowest BCUT2D eigenvalue weighted by molar-refractivity contribution is 0.652. The summed E-state index contributed by atoms with van der Waals surface area (Å²) in [5.74, 6) is 0. The summed E-state index contributed by atoms with van der Waals surface area (Å²) in [6, 6.07) is 3.89. The van der Waals surface area contributed by atoms with Gasteiger partial charge < -0.3 is 13.8 Å². The minimum absolute atomic E-state index is 0.586. The summed E-state index contributed by atoms with van der Waals surface area (Å²) in [6.45, 7) is 0. The van der Waals surface area contributed by atoms with Crippen LogP contribution in [0, 0.1) is 0 Å². The van der Waals surface area contributed by atoms with Crippen molar-refractivity contribution in [3.8, 4) is 0 Å². The molecular formula is C20H9N5O2. The SMILES string of the molecule is c1cc2c(cn1)oc1ncc3c4cnc5oc6cnccc6c5c4[nH]c3c12. The second-order valence-corrected chi connectivity index (χ2v) is 6.53. The average Bonchev–Trinajstić information content (AvgIpc) is 3.37. The molecule has 7 nitrogen and oxygen atoms in total. The smallest absolute Gasteiger partial charge is 0.229 e. The summed E-state index contributed by atoms with van der Waals surface area (Å²) in [7, 11) is 0. The summed E-state index contributed by atoms with van der Waals surface area (Å²) in [4.78, 5) is 20.9. The number of aromatic nitrogens is 5. The van der Waals surface area contributed by atoms with Crippen LogP contribution < -0.4 is 0 Å². The van der Waals surface area contributed by atoms with E-state index >= 15 is 0 Å². The molecule has 0 aliphatic heterocycles. The van der Waals surface area contributed by atoms with Crippen molar-refractivity contribution in [3.05, 3.63) is 49.3 Å². The molecule has 7 heterocycles. The van der Waals surface area contributed by atoms with Gasteiger partial charge in [-0.25, -0.2) is 9.97 Å². The molecule has 0 aliphatic rings. The minimum atomic E-state index is 0.586. The molecule has 1 N–H and O–H groups in total. The third-order valence-electron chi connectivity index (χ3n) is 5.15. The first-order valence-electron chi connectivity index (χ1n) is 8.46. The summed E-state index contributed by atoms with van der Waals surface area (Å²) < 4.78 is 11.7. The highest BCUT2D eigenvalue weighted by Gasteiger charge is 2.19. The first kappa shape index (κ1) is 13.2. The van der Waals surface area contributed by atoms with Crippen molar-refractivity contribution in [2.24, 2.45) is 0 Å². The zero-order chi connectivity index (χ0) is 17.5. The Balaban J connectivity index is 1.78. The zero-order valence-electron chi connectivity index (χ0n) is 13.7. The van der Waals surface area contributed by atoms with Crippen LogP contribution in [0.3, 0.4) is 0 Å². The van der Waals surface area contributed by atoms with Crippen molar-refractivity contribution in [3.63, 3.8) is 0 Å². The van der Waals surface area contributed by atoms with Crippen LogP contribution in [0.2, 0.25) is 0 Å². The molecule has 0 saturated carbocycles. The highest BCUT2D eigenvalue weighted by molar-refractivity contribution is 6.27. The maximum atomic E-state index is 5.86. The quantitative estimate of drug-likeness (QED) is 0.426. The number of nitrogens with one attached hydrogen (secondary N) is 1. The minimum Gasteiger partial charge on any atom is -0.436 e. The first-order valence-corrected chi connectivity index (χ1v) is 8.46. The summed E-state index contributed by atoms with van der Waals surface area (Å²) in [5, 5.41) is 5.85. The van der Waals surface area contributed by atoms with E-state index in [4.69, 9.17) is 8.83 Å². The Morgan fingerprint density at radius 3 is 1.67 bits per heavy atom. The van der Waals surface area contributed by atoms with E-state index in [1.165, 1.54) is 0 Å². The van der Waals surface area contributed by atoms with Gasteiger partial charge in [0.15, 0.2) is 11.2 Å². The van der Waals surface area contributed by atoms with Gasteiger partial charge in [0.05, 0.1) is 34.2 Å². The number of hydrogen-bond donors (Lipinski definition) is 1. The zero-order valence-corrected chi connectivity index (χ0v) is 13.7. The Morgan fingerprint density at radius 2 is 1.15 bits per heavy atom. The van der Waals surface area contributed by atoms with Gasteiger partial charge in [-0.2, -0.15) is 0 Å². The Labute approximate surface area is 149 Å². The van der Waals surface area contributed by atoms with Crippen molar-refractivity contribution < 1.29 is 8.83 Å². The van der Waals surface area contributed by atoms with E-state index < -0.39 is 0 Å². The topological polar surface area (TPSA) is 93.6 Å². The highest BCUT2D eigenvalue weighted by atomic mass is 16.3. The molecule has 7 aromatic heterocycles. The van der Waals surface area contributed by atoms with E-state index in [0.717, 1.165) is 43.4 Å². The molecule has 0 radical (unpaired) electrons. The fraction of sp³-hybridized carbons (Fsp3) is 0. The Bertz CT molecular complexity index is 1560. The summed E-state index contributed by atoms with van der Waals surface area (Å²) >= 11 is 0. The number of furan rings is 2. The molecule has 7 aromatic rings. The van der Waals surface area contributed by atoms with Crippen LogP contribution in [-0.2, 0) is 0 Å². The number of aromatic amines is 1. The predicted octanol–water partition coefficient (Wildman–Crippen LogP) is 4.70. The number of rotatable bonds is 0. The molecule has 0 spiro atoms. The molecule has 0 bridgehead atoms. The molecule has 0 aliphatic carbocycles. The van der Waals surface area contributed by atoms with Crippen molar-refractivity contribution >= 4 is 65.9 Å². The molecule has 0 saturated heterocycles. The molecule has 7 heteroatoms. The molecule has 0 amide bonds. The molecule has 126 valence electrons. The van der Waals surface area contributed by atoms with Crippen LogP contribution in [0.25, 0.3) is 65.9 Å². The number of pyridine rings is 4. The molecule has 0 fully saturated rings. The Morgan fingerprint density at radius 1 is 0.630 bits per heavy atom. The van der Waals surface area contributed by atoms with Gasteiger partial charge in [-0.05, 0) is 12.1 Å². The van der Waals surface area contributed by atoms with Gasteiger partial charge >= 0.3 is 0 Å². The second kappa shape index (κ2) is 4.39. The summed E-state index contributed by atoms with van der Waals surface area (Å²) in [6.07, 6.45) is 10.6. The van der Waals surface area contributed by atoms with Crippen LogP contribution >= 0.6 is 0 Å². The lowest BCUT2D eigenvalue weighted by Gasteiger charge is -1.92. The normalized spacial score (nSPS) is 12.4. The third kappa shape index (κ3) is 1.52. The van der Waals surface area contributed by atoms with E-state index in [0.29, 0.717) is 22.6 Å². The largest absolute Gasteiger partial charge is 0.436 e. The van der Waals surface area contributed by atoms with E-state index in [-0.39, 0.29) is 0 Å². The van der Waals surface area contributed by atoms with Gasteiger partial charge in [-0.1, -0.05) is 0 Å². The molecule has 0 aromatic carbocycles. The van der Waals surface area contributed by atoms with Crippen molar-refractivity contribution in [2.45, 2.75) is 0 Å². The molecule has 0 atom stereocenters. The van der Waals surface area contributed by atoms with Crippen LogP contribution in [0.5, 0.6) is 0 Å². The van der Waals surface area contributed by atoms with E-state index in [1.807, 2.05) is 24.5 Å². The van der Waals surface area contributed by atoms with Crippen LogP contribution in [0.1, 0.15) is 0 Å². The molecule has 7 rings (SSSR count). The van der Waals surface area contributed by atoms with Gasteiger partial charge in [0.1, 0.15) is 0 Å². The lowest BCUT2D eigenvalue weighted by Crippen LogP contribution is -1.76. The molecule has 27 heavy (non-hydrogen) atoms. The molecular weight excluding hydrogens is 342 g/mol. The van der Waals surface area contributed by atoms with Crippen molar-refractivity contribution in [1.29, 1.82) is 0 Å². The predicted molar refractivity (Wildman–Crippen MR) is 102 cm³/mol. The van der Waals surface area contributed by atoms with Gasteiger partial charge in [-0.3, -0.25) is 9.97 Å². The van der Waals surface area contributed by atoms with E-state index in [9.17, 15) is 0 Å². The maximum absolute atomic E-state index is 5.86. The van der Waals surface area contributed by atoms with E-state index in [2.05, 4.69) is 24.9 Å². The lowest BCUT2D eigenvalue weighted by atomic mass is 10.1. The van der Waals surface area contributed by atoms with Crippen LogP contribution in [0.15, 0.2) is 58.1 Å². The Kier molecular flexibility index (Phi) is 2.15. The van der Waals surface area contributed by atoms with Crippen LogP contribution in [0.4, 0.5) is 0 Å². The van der Waals surface area contributed by atoms with Gasteiger partial charge in [0.25, 0.3) is 0 Å². The first-order chi connectivity index (χ1) is 13.4. The average molecular weight is 351 g/mol. The van der Waals surface area contributed by atoms with Gasteiger partial charge in [0.2, 0.25) is 11.4 Å². The summed E-state index contributed by atoms with van der Waals surface area (Å²) in [5.41, 5.74) is 4.55. The van der Waals surface area contributed by atoms with Crippen molar-refractivity contribution in [1.82, 2.24) is 24.9 Å². The standard InChI is InChI=1S/C20H9N5O2/c1-3-21-7-13-9(1)15-17-11(5-23-19(15)26-13)12-6-24-20-16(18(12)25-17)10-2-4-22-8-14(10)27-20/h1-8,25H. The fourth-order valence-electron chi connectivity index (χ4n) is 3.98.